The zero-order valence-corrected chi connectivity index (χ0v) is 13.0. The lowest BCUT2D eigenvalue weighted by molar-refractivity contribution is 0.340. The Kier molecular flexibility index (Phi) is 4.86. The van der Waals surface area contributed by atoms with Gasteiger partial charge >= 0.3 is 0 Å². The number of halogens is 3. The van der Waals surface area contributed by atoms with Crippen molar-refractivity contribution in [1.29, 1.82) is 0 Å². The van der Waals surface area contributed by atoms with Crippen molar-refractivity contribution in [3.05, 3.63) is 45.4 Å². The number of anilines is 3. The third-order valence-electron chi connectivity index (χ3n) is 2.53. The Morgan fingerprint density at radius 3 is 2.40 bits per heavy atom. The molecule has 0 aromatic heterocycles. The fraction of sp³-hybridized carbons (Fsp3) is 0.143. The van der Waals surface area contributed by atoms with Crippen LogP contribution in [0.2, 0.25) is 15.1 Å². The average Bonchev–Trinajstić information content (AvgIpc) is 2.35. The van der Waals surface area contributed by atoms with E-state index in [-0.39, 0.29) is 0 Å². The van der Waals surface area contributed by atoms with Gasteiger partial charge in [-0.05, 0) is 25.1 Å². The van der Waals surface area contributed by atoms with Crippen LogP contribution in [0.5, 0.6) is 5.75 Å². The molecule has 0 bridgehead atoms. The minimum Gasteiger partial charge on any atom is -0.494 e. The summed E-state index contributed by atoms with van der Waals surface area (Å²) in [5.74, 6) is 0.686. The van der Waals surface area contributed by atoms with Crippen LogP contribution in [0.4, 0.5) is 17.1 Å². The maximum Gasteiger partial charge on any atom is 0.123 e. The van der Waals surface area contributed by atoms with Crippen molar-refractivity contribution in [3.63, 3.8) is 0 Å². The van der Waals surface area contributed by atoms with E-state index in [1.54, 1.807) is 24.3 Å². The average molecular weight is 332 g/mol. The zero-order valence-electron chi connectivity index (χ0n) is 10.7. The first-order valence-corrected chi connectivity index (χ1v) is 7.08. The van der Waals surface area contributed by atoms with E-state index in [1.165, 1.54) is 0 Å². The van der Waals surface area contributed by atoms with E-state index in [9.17, 15) is 0 Å². The predicted molar refractivity (Wildman–Crippen MR) is 86.8 cm³/mol. The Bertz CT molecular complexity index is 632. The Balaban J connectivity index is 2.32. The van der Waals surface area contributed by atoms with Gasteiger partial charge in [-0.2, -0.15) is 0 Å². The smallest absolute Gasteiger partial charge is 0.123 e. The molecule has 20 heavy (non-hydrogen) atoms. The molecule has 0 radical (unpaired) electrons. The Hall–Kier alpha value is -1.29. The molecule has 3 N–H and O–H groups in total. The molecule has 2 rings (SSSR count). The standard InChI is InChI=1S/C14H13Cl3N2O/c1-2-20-10-4-8(18)3-9(5-10)19-14-7-12(16)11(15)6-13(14)17/h3-7,19H,2,18H2,1H3. The lowest BCUT2D eigenvalue weighted by atomic mass is 10.2. The van der Waals surface area contributed by atoms with Crippen LogP contribution in [0.1, 0.15) is 6.92 Å². The normalized spacial score (nSPS) is 10.4. The molecule has 6 heteroatoms. The fourth-order valence-electron chi connectivity index (χ4n) is 1.72. The van der Waals surface area contributed by atoms with Crippen LogP contribution in [0.3, 0.4) is 0 Å². The lowest BCUT2D eigenvalue weighted by Crippen LogP contribution is -1.97. The van der Waals surface area contributed by atoms with Gasteiger partial charge in [0, 0.05) is 23.5 Å². The van der Waals surface area contributed by atoms with Gasteiger partial charge in [-0.25, -0.2) is 0 Å². The van der Waals surface area contributed by atoms with Gasteiger partial charge in [0.15, 0.2) is 0 Å². The first-order chi connectivity index (χ1) is 9.49. The molecule has 0 fully saturated rings. The minimum atomic E-state index is 0.407. The van der Waals surface area contributed by atoms with E-state index in [1.807, 2.05) is 13.0 Å². The van der Waals surface area contributed by atoms with Gasteiger partial charge in [0.25, 0.3) is 0 Å². The monoisotopic (exact) mass is 330 g/mol. The fourth-order valence-corrected chi connectivity index (χ4v) is 2.31. The predicted octanol–water partition coefficient (Wildman–Crippen LogP) is 5.37. The topological polar surface area (TPSA) is 47.3 Å². The highest BCUT2D eigenvalue weighted by atomic mass is 35.5. The molecule has 0 saturated heterocycles. The quantitative estimate of drug-likeness (QED) is 0.584. The summed E-state index contributed by atoms with van der Waals surface area (Å²) in [6, 6.07) is 8.62. The molecule has 0 atom stereocenters. The van der Waals surface area contributed by atoms with E-state index >= 15 is 0 Å². The van der Waals surface area contributed by atoms with Crippen molar-refractivity contribution in [2.45, 2.75) is 6.92 Å². The number of rotatable bonds is 4. The molecule has 2 aromatic rings. The molecule has 0 amide bonds. The van der Waals surface area contributed by atoms with Gasteiger partial charge in [-0.15, -0.1) is 0 Å². The second-order valence-corrected chi connectivity index (χ2v) is 5.32. The largest absolute Gasteiger partial charge is 0.494 e. The van der Waals surface area contributed by atoms with Crippen LogP contribution in [0, 0.1) is 0 Å². The molecule has 0 saturated carbocycles. The third kappa shape index (κ3) is 3.63. The highest BCUT2D eigenvalue weighted by Crippen LogP contribution is 2.35. The molecule has 2 aromatic carbocycles. The second kappa shape index (κ2) is 6.44. The molecule has 0 unspecified atom stereocenters. The summed E-state index contributed by atoms with van der Waals surface area (Å²) in [6.07, 6.45) is 0. The Labute approximate surface area is 132 Å². The van der Waals surface area contributed by atoms with Crippen molar-refractivity contribution in [1.82, 2.24) is 0 Å². The molecular weight excluding hydrogens is 319 g/mol. The molecule has 0 aliphatic carbocycles. The summed E-state index contributed by atoms with van der Waals surface area (Å²) in [5, 5.41) is 4.45. The van der Waals surface area contributed by atoms with Crippen LogP contribution in [0.25, 0.3) is 0 Å². The summed E-state index contributed by atoms with van der Waals surface area (Å²) in [5.41, 5.74) is 7.83. The number of ether oxygens (including phenoxy) is 1. The minimum absolute atomic E-state index is 0.407. The molecule has 0 heterocycles. The number of nitrogen functional groups attached to an aromatic ring is 1. The third-order valence-corrected chi connectivity index (χ3v) is 3.56. The van der Waals surface area contributed by atoms with Crippen LogP contribution in [0.15, 0.2) is 30.3 Å². The first kappa shape index (κ1) is 15.1. The van der Waals surface area contributed by atoms with E-state index in [4.69, 9.17) is 45.3 Å². The lowest BCUT2D eigenvalue weighted by Gasteiger charge is -2.12. The van der Waals surface area contributed by atoms with Gasteiger partial charge in [-0.1, -0.05) is 34.8 Å². The number of nitrogens with one attached hydrogen (secondary N) is 1. The SMILES string of the molecule is CCOc1cc(N)cc(Nc2cc(Cl)c(Cl)cc2Cl)c1. The molecule has 0 spiro atoms. The Morgan fingerprint density at radius 2 is 1.70 bits per heavy atom. The highest BCUT2D eigenvalue weighted by molar-refractivity contribution is 6.44. The number of benzene rings is 2. The van der Waals surface area contributed by atoms with Gasteiger partial charge in [0.2, 0.25) is 0 Å². The first-order valence-electron chi connectivity index (χ1n) is 5.94. The summed E-state index contributed by atoms with van der Waals surface area (Å²) >= 11 is 18.0. The highest BCUT2D eigenvalue weighted by Gasteiger charge is 2.07. The zero-order chi connectivity index (χ0) is 14.7. The second-order valence-electron chi connectivity index (χ2n) is 4.09. The van der Waals surface area contributed by atoms with Crippen LogP contribution >= 0.6 is 34.8 Å². The van der Waals surface area contributed by atoms with E-state index in [0.717, 1.165) is 5.69 Å². The number of nitrogens with two attached hydrogens (primary N) is 1. The van der Waals surface area contributed by atoms with Gasteiger partial charge in [0.05, 0.1) is 27.4 Å². The van der Waals surface area contributed by atoms with Crippen LogP contribution in [-0.2, 0) is 0 Å². The maximum absolute atomic E-state index is 6.12. The Morgan fingerprint density at radius 1 is 1.00 bits per heavy atom. The molecule has 3 nitrogen and oxygen atoms in total. The van der Waals surface area contributed by atoms with Crippen molar-refractivity contribution in [2.75, 3.05) is 17.7 Å². The van der Waals surface area contributed by atoms with Crippen molar-refractivity contribution < 1.29 is 4.74 Å². The maximum atomic E-state index is 6.12. The van der Waals surface area contributed by atoms with Gasteiger partial charge in [0.1, 0.15) is 5.75 Å². The van der Waals surface area contributed by atoms with Crippen LogP contribution in [-0.4, -0.2) is 6.61 Å². The molecule has 0 aliphatic heterocycles. The molecule has 0 aliphatic rings. The van der Waals surface area contributed by atoms with Crippen LogP contribution < -0.4 is 15.8 Å². The van der Waals surface area contributed by atoms with E-state index in [2.05, 4.69) is 5.32 Å². The van der Waals surface area contributed by atoms with Crippen molar-refractivity contribution in [3.8, 4) is 5.75 Å². The van der Waals surface area contributed by atoms with E-state index < -0.39 is 0 Å². The van der Waals surface area contributed by atoms with Gasteiger partial charge in [-0.3, -0.25) is 0 Å². The summed E-state index contributed by atoms with van der Waals surface area (Å²) in [6.45, 7) is 2.47. The van der Waals surface area contributed by atoms with Crippen molar-refractivity contribution >= 4 is 51.9 Å². The van der Waals surface area contributed by atoms with E-state index in [0.29, 0.717) is 38.8 Å². The number of hydrogen-bond acceptors (Lipinski definition) is 3. The summed E-state index contributed by atoms with van der Waals surface area (Å²) in [4.78, 5) is 0. The summed E-state index contributed by atoms with van der Waals surface area (Å²) in [7, 11) is 0. The summed E-state index contributed by atoms with van der Waals surface area (Å²) < 4.78 is 5.44. The molecular formula is C14H13Cl3N2O. The number of hydrogen-bond donors (Lipinski definition) is 2. The van der Waals surface area contributed by atoms with Gasteiger partial charge < -0.3 is 15.8 Å². The molecule has 106 valence electrons. The van der Waals surface area contributed by atoms with Crippen molar-refractivity contribution in [2.24, 2.45) is 0 Å².